The Morgan fingerprint density at radius 1 is 1.23 bits per heavy atom. The quantitative estimate of drug-likeness (QED) is 0.512. The maximum atomic E-state index is 12.8. The summed E-state index contributed by atoms with van der Waals surface area (Å²) in [5, 5.41) is 22.3. The average molecular weight is 479 g/mol. The Balaban J connectivity index is 1.56. The maximum absolute atomic E-state index is 12.8. The Morgan fingerprint density at radius 2 is 2.06 bits per heavy atom. The fourth-order valence-electron chi connectivity index (χ4n) is 3.10. The van der Waals surface area contributed by atoms with Gasteiger partial charge in [0, 0.05) is 0 Å². The van der Waals surface area contributed by atoms with E-state index in [1.54, 1.807) is 0 Å². The third-order valence-electron chi connectivity index (χ3n) is 4.64. The first-order chi connectivity index (χ1) is 15.0. The summed E-state index contributed by atoms with van der Waals surface area (Å²) in [6.07, 6.45) is 0.760. The number of para-hydroxylation sites is 1. The van der Waals surface area contributed by atoms with Gasteiger partial charge in [0.05, 0.1) is 0 Å². The van der Waals surface area contributed by atoms with Crippen molar-refractivity contribution in [3.8, 4) is 23.1 Å². The van der Waals surface area contributed by atoms with Crippen molar-refractivity contribution >= 4 is 30.6 Å². The zero-order valence-corrected chi connectivity index (χ0v) is 18.0. The summed E-state index contributed by atoms with van der Waals surface area (Å²) in [5.74, 6) is -0.183. The van der Waals surface area contributed by atoms with Gasteiger partial charge in [0.25, 0.3) is 0 Å². The van der Waals surface area contributed by atoms with Crippen molar-refractivity contribution in [1.29, 1.82) is 5.26 Å². The van der Waals surface area contributed by atoms with E-state index in [1.165, 1.54) is 24.3 Å². The number of hydrogen-bond donors (Lipinski definition) is 1. The first-order valence-electron chi connectivity index (χ1n) is 9.39. The number of benzene rings is 2. The molecule has 1 radical (unpaired) electrons. The number of nitriles is 1. The molecule has 31 heavy (non-hydrogen) atoms. The summed E-state index contributed by atoms with van der Waals surface area (Å²) in [4.78, 5) is 24.3. The van der Waals surface area contributed by atoms with E-state index in [0.29, 0.717) is 34.6 Å². The van der Waals surface area contributed by atoms with Crippen LogP contribution in [0.2, 0.25) is 0 Å². The molecule has 1 aliphatic rings. The monoisotopic (exact) mass is 479 g/mol. The van der Waals surface area contributed by atoms with Gasteiger partial charge in [0.1, 0.15) is 0 Å². The van der Waals surface area contributed by atoms with Crippen molar-refractivity contribution in [3.05, 3.63) is 65.4 Å². The molecule has 1 unspecified atom stereocenters. The number of aromatic carboxylic acids is 1. The molecule has 1 N–H and O–H groups in total. The Kier molecular flexibility index (Phi) is 6.17. The van der Waals surface area contributed by atoms with Crippen LogP contribution in [0.15, 0.2) is 53.1 Å². The molecule has 8 nitrogen and oxygen atoms in total. The molecule has 1 aromatic heterocycles. The number of ether oxygens (including phenoxy) is 2. The predicted octanol–water partition coefficient (Wildman–Crippen LogP) is 2.25. The Labute approximate surface area is 184 Å². The fraction of sp³-hybridized carbons (Fsp3) is 0.182. The van der Waals surface area contributed by atoms with E-state index < -0.39 is 21.7 Å². The molecule has 2 heterocycles. The van der Waals surface area contributed by atoms with Crippen LogP contribution in [-0.4, -0.2) is 55.9 Å². The average Bonchev–Trinajstić information content (AvgIpc) is 3.46. The van der Waals surface area contributed by atoms with E-state index in [9.17, 15) is 14.7 Å². The summed E-state index contributed by atoms with van der Waals surface area (Å²) in [5.41, 5.74) is 0.966. The van der Waals surface area contributed by atoms with Crippen LogP contribution in [0.1, 0.15) is 32.8 Å². The Bertz CT molecular complexity index is 1180. The van der Waals surface area contributed by atoms with Gasteiger partial charge in [0.15, 0.2) is 0 Å². The number of carboxylic acids is 1. The minimum atomic E-state index is -1.19. The molecule has 0 aliphatic carbocycles. The van der Waals surface area contributed by atoms with Gasteiger partial charge in [-0.3, -0.25) is 0 Å². The molecule has 0 spiro atoms. The van der Waals surface area contributed by atoms with Gasteiger partial charge in [-0.1, -0.05) is 0 Å². The van der Waals surface area contributed by atoms with Crippen molar-refractivity contribution in [3.63, 3.8) is 0 Å². The molecular weight excluding hydrogens is 463 g/mol. The van der Waals surface area contributed by atoms with Gasteiger partial charge < -0.3 is 0 Å². The van der Waals surface area contributed by atoms with Gasteiger partial charge in [-0.05, 0) is 0 Å². The molecular formula is C22H16AsN2O6. The Hall–Kier alpha value is -3.40. The molecule has 2 aromatic carbocycles. The summed E-state index contributed by atoms with van der Waals surface area (Å²) in [7, 11) is 0. The number of carboxylic acid groups (broad SMARTS) is 1. The van der Waals surface area contributed by atoms with Gasteiger partial charge in [-0.2, -0.15) is 0 Å². The van der Waals surface area contributed by atoms with Crippen molar-refractivity contribution in [2.45, 2.75) is 12.5 Å². The predicted molar refractivity (Wildman–Crippen MR) is 110 cm³/mol. The van der Waals surface area contributed by atoms with Crippen molar-refractivity contribution < 1.29 is 28.7 Å². The number of rotatable bonds is 7. The molecule has 1 atom stereocenters. The SMILES string of the molecule is N#Cc1ccc([As]C(=O)c2cc(-c3ccccc3OC3CCOC3)on2)c(C(=O)O)c1. The second-order valence-corrected chi connectivity index (χ2v) is 9.07. The number of aromatic nitrogens is 1. The van der Waals surface area contributed by atoms with Crippen molar-refractivity contribution in [1.82, 2.24) is 5.16 Å². The van der Waals surface area contributed by atoms with Crippen molar-refractivity contribution in [2.24, 2.45) is 0 Å². The summed E-state index contributed by atoms with van der Waals surface area (Å²) in [6.45, 7) is 1.18. The fourth-order valence-corrected chi connectivity index (χ4v) is 4.92. The van der Waals surface area contributed by atoms with E-state index >= 15 is 0 Å². The first kappa shape index (κ1) is 20.9. The van der Waals surface area contributed by atoms with E-state index in [0.717, 1.165) is 6.42 Å². The zero-order chi connectivity index (χ0) is 21.8. The molecule has 9 heteroatoms. The number of nitrogens with zero attached hydrogens (tertiary/aromatic N) is 2. The summed E-state index contributed by atoms with van der Waals surface area (Å²) in [6, 6.07) is 15.0. The summed E-state index contributed by atoms with van der Waals surface area (Å²) < 4.78 is 16.8. The standard InChI is InChI=1S/C22H16AsN2O6/c24-11-13-5-6-17(16(9-13)22(27)28)23-21(26)18-10-20(31-25-18)15-3-1-2-4-19(15)30-14-7-8-29-12-14/h1-6,9-10,14H,7-8,12H2,(H,27,28). The minimum absolute atomic E-state index is 0.0407. The van der Waals surface area contributed by atoms with Gasteiger partial charge in [-0.25, -0.2) is 0 Å². The molecule has 0 amide bonds. The summed E-state index contributed by atoms with van der Waals surface area (Å²) >= 11 is -1.19. The topological polar surface area (TPSA) is 123 Å². The van der Waals surface area contributed by atoms with Gasteiger partial charge >= 0.3 is 184 Å². The third kappa shape index (κ3) is 4.69. The van der Waals surface area contributed by atoms with Crippen LogP contribution in [0.5, 0.6) is 5.75 Å². The van der Waals surface area contributed by atoms with Crippen LogP contribution in [0, 0.1) is 11.3 Å². The van der Waals surface area contributed by atoms with Gasteiger partial charge in [0.2, 0.25) is 0 Å². The van der Waals surface area contributed by atoms with Crippen LogP contribution in [0.3, 0.4) is 0 Å². The first-order valence-corrected chi connectivity index (χ1v) is 11.3. The van der Waals surface area contributed by atoms with E-state index in [-0.39, 0.29) is 27.5 Å². The molecule has 155 valence electrons. The second-order valence-electron chi connectivity index (χ2n) is 6.74. The molecule has 4 rings (SSSR count). The van der Waals surface area contributed by atoms with Crippen LogP contribution in [0.4, 0.5) is 0 Å². The van der Waals surface area contributed by atoms with Crippen LogP contribution >= 0.6 is 0 Å². The van der Waals surface area contributed by atoms with E-state index in [4.69, 9.17) is 19.3 Å². The molecule has 0 bridgehead atoms. The normalized spacial score (nSPS) is 15.8. The van der Waals surface area contributed by atoms with Crippen LogP contribution in [0.25, 0.3) is 11.3 Å². The number of hydrogen-bond acceptors (Lipinski definition) is 7. The van der Waals surface area contributed by atoms with Gasteiger partial charge in [-0.15, -0.1) is 0 Å². The van der Waals surface area contributed by atoms with Crippen molar-refractivity contribution in [2.75, 3.05) is 13.2 Å². The third-order valence-corrected chi connectivity index (χ3v) is 6.87. The number of carbonyl (C=O) groups is 2. The van der Waals surface area contributed by atoms with Crippen LogP contribution < -0.4 is 9.09 Å². The van der Waals surface area contributed by atoms with E-state index in [1.807, 2.05) is 30.3 Å². The Morgan fingerprint density at radius 3 is 2.81 bits per heavy atom. The molecule has 0 saturated carbocycles. The zero-order valence-electron chi connectivity index (χ0n) is 16.1. The van der Waals surface area contributed by atoms with E-state index in [2.05, 4.69) is 5.16 Å². The molecule has 1 aliphatic heterocycles. The van der Waals surface area contributed by atoms with Crippen LogP contribution in [-0.2, 0) is 4.74 Å². The second kappa shape index (κ2) is 9.17. The molecule has 1 fully saturated rings. The molecule has 1 saturated heterocycles. The molecule has 3 aromatic rings. The number of carbonyl (C=O) groups excluding carboxylic acids is 1.